The molecule has 0 saturated carbocycles. The summed E-state index contributed by atoms with van der Waals surface area (Å²) in [6.45, 7) is 0. The number of aromatic nitrogens is 1. The SMILES string of the molecule is N#Cc1ccc(-c2ccccc2Cl)nc1NN. The molecule has 2 aromatic rings. The third-order valence-corrected chi connectivity index (χ3v) is 2.63. The molecule has 0 spiro atoms. The second kappa shape index (κ2) is 4.83. The van der Waals surface area contributed by atoms with Crippen molar-refractivity contribution in [3.8, 4) is 17.3 Å². The molecule has 1 aromatic carbocycles. The van der Waals surface area contributed by atoms with Crippen molar-refractivity contribution < 1.29 is 0 Å². The van der Waals surface area contributed by atoms with Crippen LogP contribution in [0.1, 0.15) is 5.56 Å². The van der Waals surface area contributed by atoms with E-state index in [2.05, 4.69) is 10.4 Å². The second-order valence-corrected chi connectivity index (χ2v) is 3.74. The van der Waals surface area contributed by atoms with Gasteiger partial charge in [0, 0.05) is 10.6 Å². The minimum Gasteiger partial charge on any atom is -0.307 e. The van der Waals surface area contributed by atoms with E-state index in [1.54, 1.807) is 18.2 Å². The van der Waals surface area contributed by atoms with Crippen LogP contribution in [0.4, 0.5) is 5.82 Å². The number of halogens is 1. The number of nitrogens with two attached hydrogens (primary N) is 1. The Balaban J connectivity index is 2.55. The topological polar surface area (TPSA) is 74.7 Å². The summed E-state index contributed by atoms with van der Waals surface area (Å²) in [5, 5.41) is 9.46. The molecule has 4 nitrogen and oxygen atoms in total. The van der Waals surface area contributed by atoms with E-state index in [0.29, 0.717) is 22.1 Å². The second-order valence-electron chi connectivity index (χ2n) is 3.33. The molecular formula is C12H9ClN4. The zero-order chi connectivity index (χ0) is 12.3. The number of nitrogens with zero attached hydrogens (tertiary/aromatic N) is 2. The minimum absolute atomic E-state index is 0.338. The van der Waals surface area contributed by atoms with Crippen molar-refractivity contribution in [2.75, 3.05) is 5.43 Å². The van der Waals surface area contributed by atoms with Crippen molar-refractivity contribution in [2.45, 2.75) is 0 Å². The van der Waals surface area contributed by atoms with E-state index in [1.165, 1.54) is 0 Å². The molecule has 0 aliphatic carbocycles. The summed E-state index contributed by atoms with van der Waals surface area (Å²) in [5.74, 6) is 5.65. The van der Waals surface area contributed by atoms with Crippen LogP contribution in [0.3, 0.4) is 0 Å². The molecule has 0 atom stereocenters. The van der Waals surface area contributed by atoms with Gasteiger partial charge < -0.3 is 5.43 Å². The van der Waals surface area contributed by atoms with Gasteiger partial charge in [-0.3, -0.25) is 0 Å². The Labute approximate surface area is 104 Å². The van der Waals surface area contributed by atoms with Crippen LogP contribution < -0.4 is 11.3 Å². The number of rotatable bonds is 2. The highest BCUT2D eigenvalue weighted by atomic mass is 35.5. The zero-order valence-corrected chi connectivity index (χ0v) is 9.57. The summed E-state index contributed by atoms with van der Waals surface area (Å²) in [5.41, 5.74) is 4.26. The lowest BCUT2D eigenvalue weighted by atomic mass is 10.1. The van der Waals surface area contributed by atoms with Gasteiger partial charge in [-0.15, -0.1) is 0 Å². The summed E-state index contributed by atoms with van der Waals surface area (Å²) < 4.78 is 0. The molecule has 0 unspecified atom stereocenters. The Morgan fingerprint density at radius 2 is 2.00 bits per heavy atom. The molecule has 0 fully saturated rings. The lowest BCUT2D eigenvalue weighted by Gasteiger charge is -2.07. The number of anilines is 1. The Morgan fingerprint density at radius 1 is 1.24 bits per heavy atom. The van der Waals surface area contributed by atoms with Crippen LogP contribution in [0.25, 0.3) is 11.3 Å². The predicted molar refractivity (Wildman–Crippen MR) is 67.2 cm³/mol. The van der Waals surface area contributed by atoms with E-state index < -0.39 is 0 Å². The zero-order valence-electron chi connectivity index (χ0n) is 8.81. The number of pyridine rings is 1. The molecule has 0 aliphatic rings. The van der Waals surface area contributed by atoms with Crippen LogP contribution >= 0.6 is 11.6 Å². The lowest BCUT2D eigenvalue weighted by molar-refractivity contribution is 1.21. The van der Waals surface area contributed by atoms with Gasteiger partial charge in [0.2, 0.25) is 0 Å². The number of hydrogen-bond acceptors (Lipinski definition) is 4. The average molecular weight is 245 g/mol. The highest BCUT2D eigenvalue weighted by molar-refractivity contribution is 6.33. The van der Waals surface area contributed by atoms with Crippen molar-refractivity contribution in [1.82, 2.24) is 4.98 Å². The molecule has 0 aliphatic heterocycles. The molecule has 2 rings (SSSR count). The summed E-state index contributed by atoms with van der Waals surface area (Å²) in [6, 6.07) is 12.8. The number of hydrogen-bond donors (Lipinski definition) is 2. The van der Waals surface area contributed by atoms with Crippen LogP contribution in [0.2, 0.25) is 5.02 Å². The quantitative estimate of drug-likeness (QED) is 0.629. The van der Waals surface area contributed by atoms with Gasteiger partial charge in [0.05, 0.1) is 11.3 Å². The Bertz CT molecular complexity index is 589. The first kappa shape index (κ1) is 11.4. The van der Waals surface area contributed by atoms with Crippen LogP contribution in [-0.4, -0.2) is 4.98 Å². The van der Waals surface area contributed by atoms with Crippen LogP contribution in [-0.2, 0) is 0 Å². The van der Waals surface area contributed by atoms with Gasteiger partial charge in [-0.25, -0.2) is 10.8 Å². The molecule has 0 saturated heterocycles. The molecule has 0 bridgehead atoms. The fourth-order valence-electron chi connectivity index (χ4n) is 1.48. The Morgan fingerprint density at radius 3 is 2.65 bits per heavy atom. The Hall–Kier alpha value is -2.09. The maximum Gasteiger partial charge on any atom is 0.158 e. The number of hydrazine groups is 1. The number of benzene rings is 1. The van der Waals surface area contributed by atoms with E-state index in [0.717, 1.165) is 5.56 Å². The minimum atomic E-state index is 0.338. The first-order valence-electron chi connectivity index (χ1n) is 4.89. The van der Waals surface area contributed by atoms with Gasteiger partial charge in [0.1, 0.15) is 6.07 Å². The summed E-state index contributed by atoms with van der Waals surface area (Å²) >= 11 is 6.07. The first-order chi connectivity index (χ1) is 8.26. The van der Waals surface area contributed by atoms with E-state index in [9.17, 15) is 0 Å². The molecule has 3 N–H and O–H groups in total. The molecular weight excluding hydrogens is 236 g/mol. The molecule has 0 radical (unpaired) electrons. The third kappa shape index (κ3) is 2.21. The van der Waals surface area contributed by atoms with Gasteiger partial charge in [-0.2, -0.15) is 5.26 Å². The van der Waals surface area contributed by atoms with Crippen molar-refractivity contribution in [1.29, 1.82) is 5.26 Å². The maximum atomic E-state index is 8.85. The van der Waals surface area contributed by atoms with Crippen LogP contribution in [0.5, 0.6) is 0 Å². The van der Waals surface area contributed by atoms with Crippen molar-refractivity contribution in [3.63, 3.8) is 0 Å². The molecule has 1 heterocycles. The molecule has 1 aromatic heterocycles. The summed E-state index contributed by atoms with van der Waals surface area (Å²) in [6.07, 6.45) is 0. The maximum absolute atomic E-state index is 8.85. The highest BCUT2D eigenvalue weighted by Gasteiger charge is 2.08. The average Bonchev–Trinajstić information content (AvgIpc) is 2.38. The van der Waals surface area contributed by atoms with Gasteiger partial charge in [0.15, 0.2) is 5.82 Å². The van der Waals surface area contributed by atoms with Crippen LogP contribution in [0, 0.1) is 11.3 Å². The van der Waals surface area contributed by atoms with E-state index >= 15 is 0 Å². The molecule has 5 heteroatoms. The standard InChI is InChI=1S/C12H9ClN4/c13-10-4-2-1-3-9(10)11-6-5-8(7-14)12(16-11)17-15/h1-6H,15H2,(H,16,17). The lowest BCUT2D eigenvalue weighted by Crippen LogP contribution is -2.10. The van der Waals surface area contributed by atoms with Crippen molar-refractivity contribution in [3.05, 3.63) is 47.0 Å². The monoisotopic (exact) mass is 244 g/mol. The number of nitrogens with one attached hydrogen (secondary N) is 1. The predicted octanol–water partition coefficient (Wildman–Crippen LogP) is 2.56. The van der Waals surface area contributed by atoms with Gasteiger partial charge >= 0.3 is 0 Å². The van der Waals surface area contributed by atoms with Crippen molar-refractivity contribution >= 4 is 17.4 Å². The van der Waals surface area contributed by atoms with E-state index in [4.69, 9.17) is 22.7 Å². The molecule has 0 amide bonds. The normalized spacial score (nSPS) is 9.71. The fraction of sp³-hybridized carbons (Fsp3) is 0. The fourth-order valence-corrected chi connectivity index (χ4v) is 1.71. The third-order valence-electron chi connectivity index (χ3n) is 2.30. The Kier molecular flexibility index (Phi) is 3.24. The van der Waals surface area contributed by atoms with Gasteiger partial charge in [-0.05, 0) is 18.2 Å². The first-order valence-corrected chi connectivity index (χ1v) is 5.26. The smallest absolute Gasteiger partial charge is 0.158 e. The highest BCUT2D eigenvalue weighted by Crippen LogP contribution is 2.27. The van der Waals surface area contributed by atoms with E-state index in [1.807, 2.05) is 24.3 Å². The molecule has 17 heavy (non-hydrogen) atoms. The van der Waals surface area contributed by atoms with E-state index in [-0.39, 0.29) is 0 Å². The van der Waals surface area contributed by atoms with Gasteiger partial charge in [0.25, 0.3) is 0 Å². The largest absolute Gasteiger partial charge is 0.307 e. The van der Waals surface area contributed by atoms with Gasteiger partial charge in [-0.1, -0.05) is 29.8 Å². The number of nitrogen functional groups attached to an aromatic ring is 1. The van der Waals surface area contributed by atoms with Crippen LogP contribution in [0.15, 0.2) is 36.4 Å². The number of nitriles is 1. The summed E-state index contributed by atoms with van der Waals surface area (Å²) in [4.78, 5) is 4.25. The van der Waals surface area contributed by atoms with Crippen molar-refractivity contribution in [2.24, 2.45) is 5.84 Å². The summed E-state index contributed by atoms with van der Waals surface area (Å²) in [7, 11) is 0. The molecule has 84 valence electrons.